The Morgan fingerprint density at radius 2 is 1.79 bits per heavy atom. The summed E-state index contributed by atoms with van der Waals surface area (Å²) in [6.45, 7) is 7.25. The number of nitrogens with zero attached hydrogens (tertiary/aromatic N) is 4. The third kappa shape index (κ3) is 10.8. The highest BCUT2D eigenvalue weighted by atomic mass is 32.1. The molecule has 0 unspecified atom stereocenters. The van der Waals surface area contributed by atoms with E-state index in [2.05, 4.69) is 20.6 Å². The largest absolute Gasteiger partial charge is 0.469 e. The van der Waals surface area contributed by atoms with Crippen LogP contribution in [0.4, 0.5) is 13.2 Å². The van der Waals surface area contributed by atoms with E-state index in [1.54, 1.807) is 14.0 Å². The lowest BCUT2D eigenvalue weighted by molar-refractivity contribution is -0.147. The first kappa shape index (κ1) is 41.9. The Hall–Kier alpha value is -3.90. The minimum absolute atomic E-state index is 0.0384. The second kappa shape index (κ2) is 17.5. The van der Waals surface area contributed by atoms with Crippen molar-refractivity contribution in [3.63, 3.8) is 0 Å². The van der Waals surface area contributed by atoms with Crippen molar-refractivity contribution in [1.29, 1.82) is 0 Å². The number of piperidine rings is 1. The first-order chi connectivity index (χ1) is 24.8. The monoisotopic (exact) mass is 784 g/mol. The van der Waals surface area contributed by atoms with E-state index in [0.29, 0.717) is 18.5 Å². The molecule has 1 aliphatic carbocycles. The van der Waals surface area contributed by atoms with Gasteiger partial charge in [-0.15, -0.1) is 22.7 Å². The highest BCUT2D eigenvalue weighted by molar-refractivity contribution is 7.10. The van der Waals surface area contributed by atoms with E-state index in [9.17, 15) is 37.1 Å². The predicted molar refractivity (Wildman–Crippen MR) is 191 cm³/mol. The number of nitrogens with one attached hydrogen (secondary N) is 2. The highest BCUT2D eigenvalue weighted by Gasteiger charge is 2.54. The standard InChI is InChI=1S/C35H47F3N6O7S2/c1-19(2)25(44(6)33(49)34(11-12-34)42-30(47)24-10-8-9-13-43(24)5)16-26(51-21(4)45)31-40-23(17-53-31)29(46)39-22(14-20(3)32(48)50-7)15-28-41-27(18-52-28)35(36,37)38/h17-18,20,22,24,26H,8-16H2,1-7H3,(H,39,46)(H,42,47)/t20-,22+,24+,26+/m0/s1. The number of amides is 3. The van der Waals surface area contributed by atoms with Crippen LogP contribution in [0.2, 0.25) is 0 Å². The second-order valence-corrected chi connectivity index (χ2v) is 15.7. The van der Waals surface area contributed by atoms with Crippen molar-refractivity contribution in [3.8, 4) is 0 Å². The summed E-state index contributed by atoms with van der Waals surface area (Å²) in [5.74, 6) is -2.96. The number of halogens is 3. The Morgan fingerprint density at radius 3 is 2.36 bits per heavy atom. The second-order valence-electron chi connectivity index (χ2n) is 13.9. The fraction of sp³-hybridized carbons (Fsp3) is 0.629. The minimum Gasteiger partial charge on any atom is -0.469 e. The number of carbonyl (C=O) groups is 5. The van der Waals surface area contributed by atoms with Crippen LogP contribution in [0.1, 0.15) is 105 Å². The van der Waals surface area contributed by atoms with E-state index in [-0.39, 0.29) is 52.8 Å². The topological polar surface area (TPSA) is 160 Å². The molecule has 2 aromatic rings. The first-order valence-electron chi connectivity index (χ1n) is 17.3. The molecule has 3 heterocycles. The van der Waals surface area contributed by atoms with Crippen LogP contribution in [0, 0.1) is 5.92 Å². The number of likely N-dealkylation sites (N-methyl/N-ethyl adjacent to an activating group) is 2. The van der Waals surface area contributed by atoms with Gasteiger partial charge in [0.2, 0.25) is 5.91 Å². The maximum atomic E-state index is 13.9. The molecule has 0 radical (unpaired) electrons. The number of allylic oxidation sites excluding steroid dienone is 1. The summed E-state index contributed by atoms with van der Waals surface area (Å²) in [5, 5.41) is 8.53. The number of esters is 2. The van der Waals surface area contributed by atoms with E-state index < -0.39 is 53.3 Å². The number of hydrogen-bond acceptors (Lipinski definition) is 12. The lowest BCUT2D eigenvalue weighted by Crippen LogP contribution is -2.55. The average Bonchev–Trinajstić information content (AvgIpc) is 3.45. The summed E-state index contributed by atoms with van der Waals surface area (Å²) in [7, 11) is 4.74. The van der Waals surface area contributed by atoms with Crippen molar-refractivity contribution in [2.75, 3.05) is 27.7 Å². The third-order valence-corrected chi connectivity index (χ3v) is 11.2. The smallest absolute Gasteiger partial charge is 0.434 e. The van der Waals surface area contributed by atoms with Crippen LogP contribution < -0.4 is 10.6 Å². The summed E-state index contributed by atoms with van der Waals surface area (Å²) in [5.41, 5.74) is -0.792. The van der Waals surface area contributed by atoms with E-state index in [0.717, 1.165) is 59.4 Å². The van der Waals surface area contributed by atoms with Gasteiger partial charge in [0, 0.05) is 49.3 Å². The average molecular weight is 785 g/mol. The van der Waals surface area contributed by atoms with Gasteiger partial charge in [0.15, 0.2) is 11.8 Å². The molecule has 0 aromatic carbocycles. The Balaban J connectivity index is 1.50. The van der Waals surface area contributed by atoms with Crippen LogP contribution in [0.5, 0.6) is 0 Å². The number of carbonyl (C=O) groups excluding carboxylic acids is 5. The number of thiazole rings is 2. The Bertz CT molecular complexity index is 1700. The van der Waals surface area contributed by atoms with Crippen molar-refractivity contribution in [2.24, 2.45) is 5.92 Å². The van der Waals surface area contributed by atoms with Gasteiger partial charge in [-0.2, -0.15) is 13.2 Å². The third-order valence-electron chi connectivity index (χ3n) is 9.44. The molecular formula is C35H47F3N6O7S2. The van der Waals surface area contributed by atoms with Crippen LogP contribution in [-0.2, 0) is 41.2 Å². The SMILES string of the molecule is COC(=O)[C@@H](C)C[C@H](Cc1nc(C(F)(F)F)cs1)NC(=O)c1csc([C@@H](CC(=C(C)C)N(C)C(=O)C2(NC(=O)[C@H]3CCCCN3C)CC2)OC(C)=O)n1. The number of ether oxygens (including phenoxy) is 2. The highest BCUT2D eigenvalue weighted by Crippen LogP contribution is 2.40. The molecule has 0 spiro atoms. The molecule has 292 valence electrons. The molecule has 1 aliphatic heterocycles. The number of hydrogen-bond donors (Lipinski definition) is 2. The number of likely N-dealkylation sites (tertiary alicyclic amines) is 1. The zero-order valence-electron chi connectivity index (χ0n) is 30.9. The summed E-state index contributed by atoms with van der Waals surface area (Å²) >= 11 is 1.85. The summed E-state index contributed by atoms with van der Waals surface area (Å²) < 4.78 is 50.0. The summed E-state index contributed by atoms with van der Waals surface area (Å²) in [4.78, 5) is 76.7. The van der Waals surface area contributed by atoms with Gasteiger partial charge in [-0.25, -0.2) is 9.97 Å². The maximum Gasteiger partial charge on any atom is 0.434 e. The molecule has 13 nitrogen and oxygen atoms in total. The molecule has 2 aromatic heterocycles. The van der Waals surface area contributed by atoms with Gasteiger partial charge < -0.3 is 25.0 Å². The van der Waals surface area contributed by atoms with Crippen LogP contribution in [0.15, 0.2) is 22.0 Å². The van der Waals surface area contributed by atoms with E-state index >= 15 is 0 Å². The van der Waals surface area contributed by atoms with Crippen LogP contribution in [-0.4, -0.2) is 94.8 Å². The molecular weight excluding hydrogens is 738 g/mol. The fourth-order valence-corrected chi connectivity index (χ4v) is 8.09. The Kier molecular flexibility index (Phi) is 13.8. The van der Waals surface area contributed by atoms with Crippen molar-refractivity contribution < 1.29 is 46.6 Å². The molecule has 4 rings (SSSR count). The molecule has 53 heavy (non-hydrogen) atoms. The van der Waals surface area contributed by atoms with Crippen LogP contribution in [0.3, 0.4) is 0 Å². The number of methoxy groups -OCH3 is 1. The zero-order chi connectivity index (χ0) is 39.2. The molecule has 2 N–H and O–H groups in total. The number of aromatic nitrogens is 2. The Morgan fingerprint density at radius 1 is 1.09 bits per heavy atom. The van der Waals surface area contributed by atoms with E-state index in [1.165, 1.54) is 24.3 Å². The zero-order valence-corrected chi connectivity index (χ0v) is 32.6. The number of alkyl halides is 3. The molecule has 3 amide bonds. The molecule has 2 fully saturated rings. The van der Waals surface area contributed by atoms with Crippen molar-refractivity contribution in [3.05, 3.63) is 43.4 Å². The lowest BCUT2D eigenvalue weighted by atomic mass is 9.99. The Labute approximate surface area is 314 Å². The van der Waals surface area contributed by atoms with Crippen molar-refractivity contribution >= 4 is 52.3 Å². The first-order valence-corrected chi connectivity index (χ1v) is 19.1. The summed E-state index contributed by atoms with van der Waals surface area (Å²) in [6, 6.07) is -1.10. The summed E-state index contributed by atoms with van der Waals surface area (Å²) in [6.07, 6.45) is -1.92. The predicted octanol–water partition coefficient (Wildman–Crippen LogP) is 5.04. The van der Waals surface area contributed by atoms with Gasteiger partial charge in [-0.05, 0) is 59.5 Å². The lowest BCUT2D eigenvalue weighted by Gasteiger charge is -2.34. The maximum absolute atomic E-state index is 13.9. The van der Waals surface area contributed by atoms with Gasteiger partial charge in [0.1, 0.15) is 16.2 Å². The van der Waals surface area contributed by atoms with Crippen molar-refractivity contribution in [1.82, 2.24) is 30.4 Å². The normalized spacial score (nSPS) is 18.6. The van der Waals surface area contributed by atoms with Gasteiger partial charge in [0.25, 0.3) is 11.8 Å². The molecule has 18 heteroatoms. The number of rotatable bonds is 15. The fourth-order valence-electron chi connectivity index (χ4n) is 6.38. The molecule has 1 saturated carbocycles. The van der Waals surface area contributed by atoms with Gasteiger partial charge in [0.05, 0.1) is 24.1 Å². The van der Waals surface area contributed by atoms with Gasteiger partial charge in [-0.1, -0.05) is 18.9 Å². The van der Waals surface area contributed by atoms with E-state index in [1.807, 2.05) is 25.8 Å². The van der Waals surface area contributed by atoms with E-state index in [4.69, 9.17) is 9.47 Å². The minimum atomic E-state index is -4.63. The van der Waals surface area contributed by atoms with Gasteiger partial charge >= 0.3 is 18.1 Å². The van der Waals surface area contributed by atoms with Crippen molar-refractivity contribution in [2.45, 2.75) is 109 Å². The van der Waals surface area contributed by atoms with Crippen LogP contribution >= 0.6 is 22.7 Å². The van der Waals surface area contributed by atoms with Gasteiger partial charge in [-0.3, -0.25) is 28.9 Å². The molecule has 0 bridgehead atoms. The molecule has 1 saturated heterocycles. The van der Waals surface area contributed by atoms with Crippen LogP contribution in [0.25, 0.3) is 0 Å². The molecule has 4 atom stereocenters. The quantitative estimate of drug-likeness (QED) is 0.235. The molecule has 2 aliphatic rings.